The zero-order valence-electron chi connectivity index (χ0n) is 17.6. The average molecular weight is 455 g/mol. The maximum Gasteiger partial charge on any atom is 0.412 e. The van der Waals surface area contributed by atoms with Crippen LogP contribution in [0.4, 0.5) is 18.0 Å². The summed E-state index contributed by atoms with van der Waals surface area (Å²) in [6.07, 6.45) is -0.954. The van der Waals surface area contributed by atoms with E-state index in [1.807, 2.05) is 0 Å². The van der Waals surface area contributed by atoms with E-state index in [4.69, 9.17) is 9.47 Å². The minimum absolute atomic E-state index is 0.0150. The molecule has 0 aromatic heterocycles. The molecule has 0 spiro atoms. The molecule has 1 fully saturated rings. The Labute approximate surface area is 188 Å². The Morgan fingerprint density at radius 3 is 2.12 bits per heavy atom. The Morgan fingerprint density at radius 1 is 0.970 bits per heavy atom. The highest BCUT2D eigenvalue weighted by molar-refractivity contribution is 5.81. The van der Waals surface area contributed by atoms with Crippen LogP contribution in [-0.4, -0.2) is 30.1 Å². The Morgan fingerprint density at radius 2 is 1.58 bits per heavy atom. The molecule has 1 heterocycles. The van der Waals surface area contributed by atoms with Crippen molar-refractivity contribution in [2.24, 2.45) is 0 Å². The summed E-state index contributed by atoms with van der Waals surface area (Å²) in [7, 11) is 0. The summed E-state index contributed by atoms with van der Waals surface area (Å²) in [6, 6.07) is 14.9. The molecule has 170 valence electrons. The molecule has 0 unspecified atom stereocenters. The lowest BCUT2D eigenvalue weighted by atomic mass is 9.77. The topological polar surface area (TPSA) is 55.8 Å². The van der Waals surface area contributed by atoms with Crippen molar-refractivity contribution in [2.45, 2.75) is 18.6 Å². The summed E-state index contributed by atoms with van der Waals surface area (Å²) in [5.74, 6) is -2.66. The van der Waals surface area contributed by atoms with Crippen LogP contribution in [0.5, 0.6) is 0 Å². The first-order valence-corrected chi connectivity index (χ1v) is 10.3. The quantitative estimate of drug-likeness (QED) is 0.485. The van der Waals surface area contributed by atoms with Gasteiger partial charge in [0.2, 0.25) is 0 Å². The van der Waals surface area contributed by atoms with Crippen molar-refractivity contribution in [2.75, 3.05) is 13.2 Å². The molecule has 4 rings (SSSR count). The molecule has 5 nitrogen and oxygen atoms in total. The number of benzene rings is 3. The minimum Gasteiger partial charge on any atom is -0.465 e. The van der Waals surface area contributed by atoms with Gasteiger partial charge in [-0.15, -0.1) is 0 Å². The second kappa shape index (κ2) is 8.97. The molecule has 1 atom stereocenters. The maximum atomic E-state index is 15.1. The molecule has 3 aromatic rings. The van der Waals surface area contributed by atoms with E-state index in [1.54, 1.807) is 13.0 Å². The van der Waals surface area contributed by atoms with Gasteiger partial charge >= 0.3 is 12.1 Å². The lowest BCUT2D eigenvalue weighted by molar-refractivity contribution is -0.144. The second-order valence-corrected chi connectivity index (χ2v) is 7.48. The van der Waals surface area contributed by atoms with Gasteiger partial charge in [-0.3, -0.25) is 9.69 Å². The van der Waals surface area contributed by atoms with Crippen LogP contribution in [-0.2, 0) is 19.9 Å². The third kappa shape index (κ3) is 4.04. The standard InChI is InChI=1S/C25H20F3NO4/c1-2-32-22(30)15-29-23(20-11-3-4-12-21(20)28)25(33-24(29)31,16-7-5-9-18(26)13-16)17-8-6-10-19(27)14-17/h3-14,23H,2,15H2,1H3/t23-/m0/s1. The third-order valence-electron chi connectivity index (χ3n) is 5.49. The van der Waals surface area contributed by atoms with E-state index < -0.39 is 47.7 Å². The van der Waals surface area contributed by atoms with Gasteiger partial charge in [-0.05, 0) is 37.3 Å². The van der Waals surface area contributed by atoms with Gasteiger partial charge in [0.25, 0.3) is 0 Å². The number of nitrogens with zero attached hydrogens (tertiary/aromatic N) is 1. The van der Waals surface area contributed by atoms with E-state index in [2.05, 4.69) is 0 Å². The monoisotopic (exact) mass is 455 g/mol. The number of ether oxygens (including phenoxy) is 2. The summed E-state index contributed by atoms with van der Waals surface area (Å²) in [5, 5.41) is 0. The summed E-state index contributed by atoms with van der Waals surface area (Å²) in [4.78, 5) is 26.5. The SMILES string of the molecule is CCOC(=O)CN1C(=O)OC(c2cccc(F)c2)(c2cccc(F)c2)[C@@H]1c1ccccc1F. The van der Waals surface area contributed by atoms with Crippen molar-refractivity contribution in [1.82, 2.24) is 4.90 Å². The fourth-order valence-electron chi connectivity index (χ4n) is 4.20. The summed E-state index contributed by atoms with van der Waals surface area (Å²) in [5.41, 5.74) is -1.53. The van der Waals surface area contributed by atoms with Gasteiger partial charge in [-0.1, -0.05) is 42.5 Å². The normalized spacial score (nSPS) is 17.0. The molecule has 0 saturated carbocycles. The van der Waals surface area contributed by atoms with Gasteiger partial charge in [-0.25, -0.2) is 18.0 Å². The van der Waals surface area contributed by atoms with Crippen LogP contribution in [0.15, 0.2) is 72.8 Å². The molecule has 8 heteroatoms. The van der Waals surface area contributed by atoms with Crippen LogP contribution >= 0.6 is 0 Å². The van der Waals surface area contributed by atoms with E-state index in [0.717, 1.165) is 17.0 Å². The largest absolute Gasteiger partial charge is 0.465 e. The average Bonchev–Trinajstić information content (AvgIpc) is 3.07. The number of cyclic esters (lactones) is 1. The first-order chi connectivity index (χ1) is 15.9. The van der Waals surface area contributed by atoms with Gasteiger partial charge < -0.3 is 9.47 Å². The fourth-order valence-corrected chi connectivity index (χ4v) is 4.20. The Balaban J connectivity index is 2.01. The molecule has 0 bridgehead atoms. The number of amides is 1. The highest BCUT2D eigenvalue weighted by Crippen LogP contribution is 2.53. The fraction of sp³-hybridized carbons (Fsp3) is 0.200. The second-order valence-electron chi connectivity index (χ2n) is 7.48. The summed E-state index contributed by atoms with van der Waals surface area (Å²) in [6.45, 7) is 1.14. The molecule has 0 aliphatic carbocycles. The number of carbonyl (C=O) groups is 2. The van der Waals surface area contributed by atoms with E-state index >= 15 is 4.39 Å². The first-order valence-electron chi connectivity index (χ1n) is 10.3. The molecule has 1 aliphatic rings. The van der Waals surface area contributed by atoms with Gasteiger partial charge in [0, 0.05) is 16.7 Å². The van der Waals surface area contributed by atoms with E-state index in [1.165, 1.54) is 54.6 Å². The minimum atomic E-state index is -1.85. The van der Waals surface area contributed by atoms with Crippen molar-refractivity contribution in [3.8, 4) is 0 Å². The van der Waals surface area contributed by atoms with Crippen molar-refractivity contribution in [1.29, 1.82) is 0 Å². The van der Waals surface area contributed by atoms with E-state index in [9.17, 15) is 18.4 Å². The molecule has 1 amide bonds. The molecule has 33 heavy (non-hydrogen) atoms. The predicted molar refractivity (Wildman–Crippen MR) is 113 cm³/mol. The van der Waals surface area contributed by atoms with E-state index in [0.29, 0.717) is 0 Å². The van der Waals surface area contributed by atoms with Gasteiger partial charge in [0.1, 0.15) is 30.0 Å². The predicted octanol–water partition coefficient (Wildman–Crippen LogP) is 5.10. The van der Waals surface area contributed by atoms with Crippen molar-refractivity contribution < 1.29 is 32.2 Å². The highest BCUT2D eigenvalue weighted by Gasteiger charge is 2.58. The molecule has 0 radical (unpaired) electrons. The summed E-state index contributed by atoms with van der Waals surface area (Å²) >= 11 is 0. The maximum absolute atomic E-state index is 15.1. The van der Waals surface area contributed by atoms with Crippen LogP contribution in [0.3, 0.4) is 0 Å². The highest BCUT2D eigenvalue weighted by atomic mass is 19.1. The van der Waals surface area contributed by atoms with Crippen LogP contribution in [0, 0.1) is 17.5 Å². The number of esters is 1. The molecular weight excluding hydrogens is 435 g/mol. The van der Waals surface area contributed by atoms with Crippen molar-refractivity contribution in [3.63, 3.8) is 0 Å². The molecule has 1 saturated heterocycles. The summed E-state index contributed by atoms with van der Waals surface area (Å²) < 4.78 is 54.6. The smallest absolute Gasteiger partial charge is 0.412 e. The van der Waals surface area contributed by atoms with Crippen molar-refractivity contribution in [3.05, 3.63) is 107 Å². The molecule has 0 N–H and O–H groups in total. The first kappa shape index (κ1) is 22.4. The van der Waals surface area contributed by atoms with Gasteiger partial charge in [-0.2, -0.15) is 0 Å². The third-order valence-corrected chi connectivity index (χ3v) is 5.49. The van der Waals surface area contributed by atoms with Gasteiger partial charge in [0.05, 0.1) is 6.61 Å². The van der Waals surface area contributed by atoms with Gasteiger partial charge in [0.15, 0.2) is 5.60 Å². The lowest BCUT2D eigenvalue weighted by Gasteiger charge is -2.36. The van der Waals surface area contributed by atoms with Crippen molar-refractivity contribution >= 4 is 12.1 Å². The zero-order valence-corrected chi connectivity index (χ0v) is 17.6. The van der Waals surface area contributed by atoms with Crippen LogP contribution in [0.25, 0.3) is 0 Å². The number of hydrogen-bond donors (Lipinski definition) is 0. The van der Waals surface area contributed by atoms with Crippen LogP contribution in [0.2, 0.25) is 0 Å². The Kier molecular flexibility index (Phi) is 6.09. The van der Waals surface area contributed by atoms with E-state index in [-0.39, 0.29) is 23.3 Å². The Bertz CT molecular complexity index is 1150. The number of carbonyl (C=O) groups excluding carboxylic acids is 2. The molecule has 3 aromatic carbocycles. The molecule has 1 aliphatic heterocycles. The van der Waals surface area contributed by atoms with Crippen LogP contribution in [0.1, 0.15) is 29.7 Å². The number of halogens is 3. The zero-order chi connectivity index (χ0) is 23.6. The number of rotatable bonds is 6. The Hall–Kier alpha value is -3.81. The molecular formula is C25H20F3NO4. The van der Waals surface area contributed by atoms with Crippen LogP contribution < -0.4 is 0 Å². The number of hydrogen-bond acceptors (Lipinski definition) is 4. The lowest BCUT2D eigenvalue weighted by Crippen LogP contribution is -2.40.